The van der Waals surface area contributed by atoms with Gasteiger partial charge in [0.2, 0.25) is 0 Å². The van der Waals surface area contributed by atoms with E-state index in [1.165, 1.54) is 16.9 Å². The van der Waals surface area contributed by atoms with Crippen LogP contribution in [0.2, 0.25) is 10.0 Å². The number of nitrogens with one attached hydrogen (secondary N) is 1. The number of nitrogens with zero attached hydrogens (tertiary/aromatic N) is 2. The molecule has 29 heavy (non-hydrogen) atoms. The number of aromatic nitrogens is 2. The van der Waals surface area contributed by atoms with Gasteiger partial charge in [-0.1, -0.05) is 65.7 Å². The highest BCUT2D eigenvalue weighted by atomic mass is 35.5. The Hall–Kier alpha value is -2.80. The lowest BCUT2D eigenvalue weighted by molar-refractivity contribution is 0.592. The van der Waals surface area contributed by atoms with E-state index in [1.54, 1.807) is 60.7 Å². The number of halogens is 2. The number of sulfonamides is 1. The maximum atomic E-state index is 12.8. The van der Waals surface area contributed by atoms with Crippen LogP contribution in [-0.4, -0.2) is 18.3 Å². The quantitative estimate of drug-likeness (QED) is 0.445. The van der Waals surface area contributed by atoms with Crippen molar-refractivity contribution < 1.29 is 8.42 Å². The van der Waals surface area contributed by atoms with Crippen molar-refractivity contribution in [2.24, 2.45) is 0 Å². The van der Waals surface area contributed by atoms with Gasteiger partial charge < -0.3 is 0 Å². The molecule has 5 nitrogen and oxygen atoms in total. The number of hydrogen-bond donors (Lipinski definition) is 1. The molecule has 3 aromatic carbocycles. The van der Waals surface area contributed by atoms with Crippen molar-refractivity contribution in [3.05, 3.63) is 95.0 Å². The molecule has 0 saturated carbocycles. The van der Waals surface area contributed by atoms with Crippen LogP contribution in [0.15, 0.2) is 89.8 Å². The average molecular weight is 444 g/mol. The van der Waals surface area contributed by atoms with Crippen molar-refractivity contribution in [3.63, 3.8) is 0 Å². The average Bonchev–Trinajstić information content (AvgIpc) is 3.12. The monoisotopic (exact) mass is 443 g/mol. The minimum atomic E-state index is -3.83. The van der Waals surface area contributed by atoms with Crippen LogP contribution in [0.4, 0.5) is 0 Å². The highest BCUT2D eigenvalue weighted by molar-refractivity contribution is 7.92. The summed E-state index contributed by atoms with van der Waals surface area (Å²) in [5, 5.41) is 5.61. The zero-order chi connectivity index (χ0) is 20.4. The van der Waals surface area contributed by atoms with Gasteiger partial charge >= 0.3 is 0 Å². The van der Waals surface area contributed by atoms with Crippen molar-refractivity contribution in [1.82, 2.24) is 9.89 Å². The molecule has 4 rings (SSSR count). The van der Waals surface area contributed by atoms with Gasteiger partial charge in [0.25, 0.3) is 10.0 Å². The summed E-state index contributed by atoms with van der Waals surface area (Å²) in [6.07, 6.45) is 0. The van der Waals surface area contributed by atoms with E-state index in [1.807, 2.05) is 12.1 Å². The zero-order valence-electron chi connectivity index (χ0n) is 15.0. The summed E-state index contributed by atoms with van der Waals surface area (Å²) in [6, 6.07) is 24.2. The first kappa shape index (κ1) is 19.5. The summed E-state index contributed by atoms with van der Waals surface area (Å²) in [4.78, 5) is 3.93. The molecule has 4 aromatic rings. The fraction of sp³-hybridized carbons (Fsp3) is 0. The molecule has 0 aliphatic rings. The van der Waals surface area contributed by atoms with Gasteiger partial charge in [0, 0.05) is 21.2 Å². The van der Waals surface area contributed by atoms with E-state index in [0.717, 1.165) is 11.1 Å². The summed E-state index contributed by atoms with van der Waals surface area (Å²) in [5.74, 6) is 0. The first-order chi connectivity index (χ1) is 13.9. The molecule has 1 heterocycles. The third-order valence-corrected chi connectivity index (χ3v) is 6.02. The molecule has 1 aromatic heterocycles. The highest BCUT2D eigenvalue weighted by Crippen LogP contribution is 2.28. The molecule has 0 radical (unpaired) electrons. The van der Waals surface area contributed by atoms with Gasteiger partial charge in [-0.2, -0.15) is 23.1 Å². The lowest BCUT2D eigenvalue weighted by Crippen LogP contribution is -2.25. The van der Waals surface area contributed by atoms with Gasteiger partial charge in [-0.05, 0) is 42.5 Å². The van der Waals surface area contributed by atoms with Crippen LogP contribution in [0.5, 0.6) is 0 Å². The maximum absolute atomic E-state index is 12.8. The second-order valence-electron chi connectivity index (χ2n) is 6.25. The number of hydrogen-bond acceptors (Lipinski definition) is 3. The molecule has 146 valence electrons. The van der Waals surface area contributed by atoms with Crippen molar-refractivity contribution in [2.45, 2.75) is 4.90 Å². The zero-order valence-corrected chi connectivity index (χ0v) is 17.3. The van der Waals surface area contributed by atoms with Crippen molar-refractivity contribution in [2.75, 3.05) is 4.83 Å². The van der Waals surface area contributed by atoms with E-state index in [0.29, 0.717) is 21.4 Å². The molecule has 0 amide bonds. The maximum Gasteiger partial charge on any atom is 0.276 e. The minimum absolute atomic E-state index is 0.141. The molecule has 0 spiro atoms. The van der Waals surface area contributed by atoms with Crippen molar-refractivity contribution in [3.8, 4) is 22.5 Å². The predicted octanol–water partition coefficient (Wildman–Crippen LogP) is 5.46. The first-order valence-electron chi connectivity index (χ1n) is 8.62. The van der Waals surface area contributed by atoms with Gasteiger partial charge in [-0.25, -0.2) is 0 Å². The second-order valence-corrected chi connectivity index (χ2v) is 8.79. The smallest absolute Gasteiger partial charge is 0.200 e. The minimum Gasteiger partial charge on any atom is -0.200 e. The van der Waals surface area contributed by atoms with E-state index < -0.39 is 10.0 Å². The van der Waals surface area contributed by atoms with E-state index >= 15 is 0 Å². The number of benzene rings is 3. The van der Waals surface area contributed by atoms with Crippen LogP contribution in [0.25, 0.3) is 22.5 Å². The Morgan fingerprint density at radius 1 is 0.759 bits per heavy atom. The first-order valence-corrected chi connectivity index (χ1v) is 10.9. The van der Waals surface area contributed by atoms with Crippen molar-refractivity contribution in [1.29, 1.82) is 0 Å². The molecule has 0 aliphatic heterocycles. The highest BCUT2D eigenvalue weighted by Gasteiger charge is 2.19. The molecule has 0 unspecified atom stereocenters. The van der Waals surface area contributed by atoms with Crippen LogP contribution in [0.1, 0.15) is 0 Å². The standard InChI is InChI=1S/C21H15Cl2N3O2S/c22-17-11-9-15(10-12-17)21-14-20(16-5-4-6-18(23)13-16)24-26(21)25-29(27,28)19-7-2-1-3-8-19/h1-14,25H. The van der Waals surface area contributed by atoms with E-state index in [9.17, 15) is 8.42 Å². The molecule has 0 atom stereocenters. The topological polar surface area (TPSA) is 64.0 Å². The second kappa shape index (κ2) is 7.91. The van der Waals surface area contributed by atoms with Gasteiger partial charge in [0.1, 0.15) is 0 Å². The third-order valence-electron chi connectivity index (χ3n) is 4.23. The van der Waals surface area contributed by atoms with Gasteiger partial charge in [0.15, 0.2) is 0 Å². The molecule has 8 heteroatoms. The molecular formula is C21H15Cl2N3O2S. The van der Waals surface area contributed by atoms with Crippen molar-refractivity contribution >= 4 is 33.2 Å². The lowest BCUT2D eigenvalue weighted by Gasteiger charge is -2.11. The Morgan fingerprint density at radius 2 is 1.48 bits per heavy atom. The summed E-state index contributed by atoms with van der Waals surface area (Å²) in [6.45, 7) is 0. The largest absolute Gasteiger partial charge is 0.276 e. The van der Waals surface area contributed by atoms with Crippen LogP contribution < -0.4 is 4.83 Å². The molecule has 0 bridgehead atoms. The summed E-state index contributed by atoms with van der Waals surface area (Å²) < 4.78 is 25.6. The van der Waals surface area contributed by atoms with Crippen LogP contribution >= 0.6 is 23.2 Å². The van der Waals surface area contributed by atoms with Gasteiger partial charge in [-0.15, -0.1) is 0 Å². The fourth-order valence-electron chi connectivity index (χ4n) is 2.83. The Balaban J connectivity index is 1.82. The van der Waals surface area contributed by atoms with Crippen LogP contribution in [0, 0.1) is 0 Å². The fourth-order valence-corrected chi connectivity index (χ4v) is 4.14. The normalized spacial score (nSPS) is 11.4. The lowest BCUT2D eigenvalue weighted by atomic mass is 10.1. The molecule has 0 saturated heterocycles. The molecule has 0 fully saturated rings. The summed E-state index contributed by atoms with van der Waals surface area (Å²) in [5.41, 5.74) is 2.67. The molecule has 0 aliphatic carbocycles. The molecule has 1 N–H and O–H groups in total. The Morgan fingerprint density at radius 3 is 2.17 bits per heavy atom. The Labute approximate surface area is 178 Å². The third kappa shape index (κ3) is 4.29. The van der Waals surface area contributed by atoms with E-state index in [4.69, 9.17) is 23.2 Å². The van der Waals surface area contributed by atoms with Crippen LogP contribution in [-0.2, 0) is 10.0 Å². The molecular weight excluding hydrogens is 429 g/mol. The SMILES string of the molecule is O=S(=O)(Nn1nc(-c2cccc(Cl)c2)cc1-c1ccc(Cl)cc1)c1ccccc1. The predicted molar refractivity (Wildman–Crippen MR) is 116 cm³/mol. The van der Waals surface area contributed by atoms with E-state index in [2.05, 4.69) is 9.93 Å². The number of rotatable bonds is 5. The van der Waals surface area contributed by atoms with Gasteiger partial charge in [0.05, 0.1) is 16.3 Å². The van der Waals surface area contributed by atoms with Crippen LogP contribution in [0.3, 0.4) is 0 Å². The summed E-state index contributed by atoms with van der Waals surface area (Å²) >= 11 is 12.1. The van der Waals surface area contributed by atoms with E-state index in [-0.39, 0.29) is 4.90 Å². The Bertz CT molecular complexity index is 1250. The summed E-state index contributed by atoms with van der Waals surface area (Å²) in [7, 11) is -3.83. The van der Waals surface area contributed by atoms with Gasteiger partial charge in [-0.3, -0.25) is 0 Å². The Kier molecular flexibility index (Phi) is 5.32.